The van der Waals surface area contributed by atoms with Gasteiger partial charge >= 0.3 is 0 Å². The first kappa shape index (κ1) is 13.8. The van der Waals surface area contributed by atoms with Crippen molar-refractivity contribution in [2.75, 3.05) is 20.6 Å². The highest BCUT2D eigenvalue weighted by Gasteiger charge is 2.20. The Hall–Kier alpha value is -1.23. The van der Waals surface area contributed by atoms with Crippen molar-refractivity contribution in [2.45, 2.75) is 38.3 Å². The lowest BCUT2D eigenvalue weighted by molar-refractivity contribution is -0.121. The molecule has 1 heterocycles. The fourth-order valence-electron chi connectivity index (χ4n) is 1.75. The summed E-state index contributed by atoms with van der Waals surface area (Å²) in [6.07, 6.45) is 3.66. The molecule has 1 rings (SSSR count). The molecule has 17 heavy (non-hydrogen) atoms. The Labute approximate surface area is 103 Å². The summed E-state index contributed by atoms with van der Waals surface area (Å²) in [7, 11) is 3.98. The highest BCUT2D eigenvalue weighted by Crippen LogP contribution is 2.06. The van der Waals surface area contributed by atoms with Crippen LogP contribution in [-0.2, 0) is 4.79 Å². The Morgan fingerprint density at radius 1 is 1.65 bits per heavy atom. The van der Waals surface area contributed by atoms with E-state index >= 15 is 0 Å². The van der Waals surface area contributed by atoms with E-state index in [9.17, 15) is 4.79 Å². The van der Waals surface area contributed by atoms with E-state index in [-0.39, 0.29) is 18.0 Å². The van der Waals surface area contributed by atoms with Gasteiger partial charge in [-0.3, -0.25) is 9.79 Å². The molecule has 1 amide bonds. The van der Waals surface area contributed by atoms with Crippen LogP contribution in [0.3, 0.4) is 0 Å². The van der Waals surface area contributed by atoms with Gasteiger partial charge in [0.15, 0.2) is 0 Å². The zero-order chi connectivity index (χ0) is 12.8. The molecule has 0 aromatic carbocycles. The summed E-state index contributed by atoms with van der Waals surface area (Å²) in [5, 5.41) is 10.6. The summed E-state index contributed by atoms with van der Waals surface area (Å²) in [6, 6.07) is -0.123. The number of hydrogen-bond donors (Lipinski definition) is 2. The molecule has 0 aliphatic carbocycles. The first-order valence-electron chi connectivity index (χ1n) is 6.03. The Bertz CT molecular complexity index is 312. The lowest BCUT2D eigenvalue weighted by Crippen LogP contribution is -2.44. The summed E-state index contributed by atoms with van der Waals surface area (Å²) in [4.78, 5) is 17.9. The van der Waals surface area contributed by atoms with Crippen molar-refractivity contribution in [1.82, 2.24) is 10.2 Å². The maximum absolute atomic E-state index is 11.6. The highest BCUT2D eigenvalue weighted by atomic mass is 16.1. The van der Waals surface area contributed by atoms with E-state index in [1.807, 2.05) is 21.0 Å². The van der Waals surface area contributed by atoms with Gasteiger partial charge in [0.05, 0.1) is 6.04 Å². The summed E-state index contributed by atoms with van der Waals surface area (Å²) < 4.78 is 0. The quantitative estimate of drug-likeness (QED) is 0.740. The second kappa shape index (κ2) is 6.49. The van der Waals surface area contributed by atoms with Gasteiger partial charge in [-0.1, -0.05) is 0 Å². The van der Waals surface area contributed by atoms with Gasteiger partial charge in [0.25, 0.3) is 0 Å². The van der Waals surface area contributed by atoms with Gasteiger partial charge in [0, 0.05) is 24.8 Å². The minimum absolute atomic E-state index is 0.00241. The van der Waals surface area contributed by atoms with Crippen molar-refractivity contribution >= 4 is 17.8 Å². The number of carbonyl (C=O) groups is 1. The Morgan fingerprint density at radius 2 is 2.35 bits per heavy atom. The molecular formula is C12H22N4O. The molecule has 2 atom stereocenters. The Kier molecular flexibility index (Phi) is 5.28. The third-order valence-electron chi connectivity index (χ3n) is 2.71. The maximum atomic E-state index is 11.6. The smallest absolute Gasteiger partial charge is 0.220 e. The van der Waals surface area contributed by atoms with Crippen molar-refractivity contribution in [3.05, 3.63) is 0 Å². The molecule has 0 aromatic heterocycles. The molecule has 5 heteroatoms. The van der Waals surface area contributed by atoms with Crippen LogP contribution in [0.1, 0.15) is 26.2 Å². The zero-order valence-corrected chi connectivity index (χ0v) is 10.9. The second-order valence-electron chi connectivity index (χ2n) is 4.83. The minimum Gasteiger partial charge on any atom is -0.343 e. The number of rotatable bonds is 5. The van der Waals surface area contributed by atoms with E-state index in [4.69, 9.17) is 5.41 Å². The van der Waals surface area contributed by atoms with Gasteiger partial charge < -0.3 is 15.6 Å². The number of nitrogens with one attached hydrogen (secondary N) is 2. The molecule has 2 unspecified atom stereocenters. The van der Waals surface area contributed by atoms with Crippen LogP contribution in [0, 0.1) is 5.41 Å². The summed E-state index contributed by atoms with van der Waals surface area (Å²) in [6.45, 7) is 2.88. The van der Waals surface area contributed by atoms with Crippen LogP contribution in [0.25, 0.3) is 0 Å². The molecule has 0 fully saturated rings. The van der Waals surface area contributed by atoms with Gasteiger partial charge in [-0.15, -0.1) is 0 Å². The Balaban J connectivity index is 2.31. The number of hydrogen-bond acceptors (Lipinski definition) is 4. The standard InChI is InChI=1S/C12H22N4O/c1-9-7-10(13)11(8-14-9)15-12(17)5-4-6-16(2)3/h8-9,11,13H,4-7H2,1-3H3,(H,15,17). The van der Waals surface area contributed by atoms with Gasteiger partial charge in [0.2, 0.25) is 5.91 Å². The third kappa shape index (κ3) is 5.08. The molecule has 0 aromatic rings. The zero-order valence-electron chi connectivity index (χ0n) is 10.9. The number of amides is 1. The molecule has 96 valence electrons. The summed E-state index contributed by atoms with van der Waals surface area (Å²) in [5.41, 5.74) is 0.549. The van der Waals surface area contributed by atoms with Crippen LogP contribution in [0.5, 0.6) is 0 Å². The first-order valence-corrected chi connectivity index (χ1v) is 6.03. The molecule has 1 aliphatic heterocycles. The normalized spacial score (nSPS) is 24.1. The van der Waals surface area contributed by atoms with Gasteiger partial charge in [-0.25, -0.2) is 0 Å². The topological polar surface area (TPSA) is 68.6 Å². The van der Waals surface area contributed by atoms with Crippen molar-refractivity contribution in [1.29, 1.82) is 5.41 Å². The minimum atomic E-state index is -0.293. The van der Waals surface area contributed by atoms with Crippen LogP contribution in [0.2, 0.25) is 0 Å². The second-order valence-corrected chi connectivity index (χ2v) is 4.83. The SMILES string of the molecule is CC1CC(=N)C(NC(=O)CCCN(C)C)C=N1. The summed E-state index contributed by atoms with van der Waals surface area (Å²) in [5.74, 6) is 0.00241. The molecule has 5 nitrogen and oxygen atoms in total. The van der Waals surface area contributed by atoms with E-state index in [0.29, 0.717) is 18.6 Å². The molecule has 2 N–H and O–H groups in total. The van der Waals surface area contributed by atoms with E-state index in [1.54, 1.807) is 6.21 Å². The van der Waals surface area contributed by atoms with Crippen molar-refractivity contribution in [3.63, 3.8) is 0 Å². The van der Waals surface area contributed by atoms with E-state index in [1.165, 1.54) is 0 Å². The highest BCUT2D eigenvalue weighted by molar-refractivity contribution is 6.05. The van der Waals surface area contributed by atoms with Crippen LogP contribution in [-0.4, -0.2) is 55.5 Å². The molecule has 0 saturated carbocycles. The van der Waals surface area contributed by atoms with E-state index < -0.39 is 0 Å². The Morgan fingerprint density at radius 3 is 2.94 bits per heavy atom. The molecular weight excluding hydrogens is 216 g/mol. The van der Waals surface area contributed by atoms with Crippen LogP contribution in [0.15, 0.2) is 4.99 Å². The summed E-state index contributed by atoms with van der Waals surface area (Å²) >= 11 is 0. The van der Waals surface area contributed by atoms with Crippen molar-refractivity contribution in [3.8, 4) is 0 Å². The molecule has 0 bridgehead atoms. The van der Waals surface area contributed by atoms with Gasteiger partial charge in [0.1, 0.15) is 6.04 Å². The maximum Gasteiger partial charge on any atom is 0.220 e. The fourth-order valence-corrected chi connectivity index (χ4v) is 1.75. The number of carbonyl (C=O) groups excluding carboxylic acids is 1. The molecule has 0 saturated heterocycles. The third-order valence-corrected chi connectivity index (χ3v) is 2.71. The predicted molar refractivity (Wildman–Crippen MR) is 70.0 cm³/mol. The van der Waals surface area contributed by atoms with Crippen LogP contribution in [0.4, 0.5) is 0 Å². The lowest BCUT2D eigenvalue weighted by atomic mass is 10.0. The average Bonchev–Trinajstić information content (AvgIpc) is 2.21. The lowest BCUT2D eigenvalue weighted by Gasteiger charge is -2.22. The predicted octanol–water partition coefficient (Wildman–Crippen LogP) is 0.696. The van der Waals surface area contributed by atoms with Gasteiger partial charge in [-0.05, 0) is 34.0 Å². The van der Waals surface area contributed by atoms with E-state index in [0.717, 1.165) is 13.0 Å². The number of nitrogens with zero attached hydrogens (tertiary/aromatic N) is 2. The first-order chi connectivity index (χ1) is 7.99. The largest absolute Gasteiger partial charge is 0.343 e. The van der Waals surface area contributed by atoms with Gasteiger partial charge in [-0.2, -0.15) is 0 Å². The fraction of sp³-hybridized carbons (Fsp3) is 0.750. The monoisotopic (exact) mass is 238 g/mol. The molecule has 0 radical (unpaired) electrons. The van der Waals surface area contributed by atoms with Crippen LogP contribution >= 0.6 is 0 Å². The number of aliphatic imine (C=N–C) groups is 1. The van der Waals surface area contributed by atoms with Crippen molar-refractivity contribution < 1.29 is 4.79 Å². The molecule has 1 aliphatic rings. The van der Waals surface area contributed by atoms with E-state index in [2.05, 4.69) is 15.2 Å². The molecule has 0 spiro atoms. The average molecular weight is 238 g/mol. The van der Waals surface area contributed by atoms with Crippen molar-refractivity contribution in [2.24, 2.45) is 4.99 Å². The van der Waals surface area contributed by atoms with Crippen LogP contribution < -0.4 is 5.32 Å².